The molecule has 0 aromatic heterocycles. The van der Waals surface area contributed by atoms with E-state index in [0.717, 1.165) is 11.5 Å². The molecule has 0 saturated carbocycles. The molecule has 3 nitrogen and oxygen atoms in total. The summed E-state index contributed by atoms with van der Waals surface area (Å²) in [4.78, 5) is 4.19. The Bertz CT molecular complexity index is 441. The van der Waals surface area contributed by atoms with Crippen LogP contribution in [0.5, 0.6) is 0 Å². The molecule has 4 heteroatoms. The molecule has 0 aliphatic carbocycles. The van der Waals surface area contributed by atoms with Crippen LogP contribution in [0.4, 0.5) is 4.39 Å². The molecule has 0 spiro atoms. The molecule has 0 fully saturated rings. The number of rotatable bonds is 4. The summed E-state index contributed by atoms with van der Waals surface area (Å²) in [5.41, 5.74) is 1.71. The number of aliphatic imine (C=N–C) groups is 1. The van der Waals surface area contributed by atoms with Crippen LogP contribution in [-0.4, -0.2) is 19.0 Å². The lowest BCUT2D eigenvalue weighted by atomic mass is 10.1. The number of hydrogen-bond donors (Lipinski definition) is 2. The van der Waals surface area contributed by atoms with E-state index >= 15 is 0 Å². The number of guanidine groups is 1. The zero-order valence-electron chi connectivity index (χ0n) is 12.4. The molecule has 0 amide bonds. The lowest BCUT2D eigenvalue weighted by Crippen LogP contribution is -2.43. The minimum absolute atomic E-state index is 0.167. The van der Waals surface area contributed by atoms with Crippen molar-refractivity contribution < 1.29 is 4.39 Å². The van der Waals surface area contributed by atoms with Crippen molar-refractivity contribution in [3.05, 3.63) is 35.1 Å². The highest BCUT2D eigenvalue weighted by Crippen LogP contribution is 2.08. The molecule has 1 unspecified atom stereocenters. The van der Waals surface area contributed by atoms with E-state index in [-0.39, 0.29) is 5.82 Å². The van der Waals surface area contributed by atoms with Gasteiger partial charge in [0.1, 0.15) is 5.82 Å². The van der Waals surface area contributed by atoms with Crippen LogP contribution >= 0.6 is 0 Å². The fourth-order valence-corrected chi connectivity index (χ4v) is 1.58. The summed E-state index contributed by atoms with van der Waals surface area (Å²) in [6, 6.07) is 5.48. The van der Waals surface area contributed by atoms with Gasteiger partial charge in [0, 0.05) is 19.6 Å². The van der Waals surface area contributed by atoms with Gasteiger partial charge in [-0.05, 0) is 37.0 Å². The molecule has 2 N–H and O–H groups in total. The summed E-state index contributed by atoms with van der Waals surface area (Å²) in [5, 5.41) is 6.56. The van der Waals surface area contributed by atoms with Gasteiger partial charge in [-0.15, -0.1) is 0 Å². The largest absolute Gasteiger partial charge is 0.354 e. The maximum Gasteiger partial charge on any atom is 0.191 e. The normalized spacial score (nSPS) is 13.5. The Balaban J connectivity index is 2.56. The summed E-state index contributed by atoms with van der Waals surface area (Å²) >= 11 is 0. The molecule has 1 rings (SSSR count). The van der Waals surface area contributed by atoms with E-state index in [1.165, 1.54) is 6.07 Å². The van der Waals surface area contributed by atoms with E-state index in [9.17, 15) is 4.39 Å². The van der Waals surface area contributed by atoms with Crippen LogP contribution in [0, 0.1) is 18.7 Å². The Labute approximate surface area is 115 Å². The summed E-state index contributed by atoms with van der Waals surface area (Å²) < 4.78 is 13.2. The predicted octanol–water partition coefficient (Wildman–Crippen LogP) is 2.84. The SMILES string of the molecule is CN=C(NCc1ccc(F)c(C)c1)NC(C)C(C)C. The van der Waals surface area contributed by atoms with Crippen molar-refractivity contribution in [3.63, 3.8) is 0 Å². The molecule has 1 aromatic carbocycles. The van der Waals surface area contributed by atoms with Gasteiger partial charge < -0.3 is 10.6 Å². The smallest absolute Gasteiger partial charge is 0.191 e. The zero-order chi connectivity index (χ0) is 14.4. The Morgan fingerprint density at radius 1 is 1.32 bits per heavy atom. The third kappa shape index (κ3) is 4.89. The highest BCUT2D eigenvalue weighted by molar-refractivity contribution is 5.79. The van der Waals surface area contributed by atoms with Gasteiger partial charge in [0.2, 0.25) is 0 Å². The van der Waals surface area contributed by atoms with Crippen LogP contribution in [0.1, 0.15) is 31.9 Å². The van der Waals surface area contributed by atoms with E-state index in [1.807, 2.05) is 6.07 Å². The van der Waals surface area contributed by atoms with Crippen molar-refractivity contribution in [3.8, 4) is 0 Å². The van der Waals surface area contributed by atoms with Gasteiger partial charge in [0.25, 0.3) is 0 Å². The number of benzene rings is 1. The molecule has 0 aliphatic rings. The van der Waals surface area contributed by atoms with Gasteiger partial charge >= 0.3 is 0 Å². The summed E-state index contributed by atoms with van der Waals surface area (Å²) in [5.74, 6) is 1.13. The number of hydrogen-bond acceptors (Lipinski definition) is 1. The first-order valence-corrected chi connectivity index (χ1v) is 6.66. The molecule has 0 saturated heterocycles. The van der Waals surface area contributed by atoms with E-state index in [1.54, 1.807) is 20.0 Å². The Kier molecular flexibility index (Phi) is 5.80. The van der Waals surface area contributed by atoms with Crippen LogP contribution in [0.2, 0.25) is 0 Å². The summed E-state index contributed by atoms with van der Waals surface area (Å²) in [6.07, 6.45) is 0. The van der Waals surface area contributed by atoms with Crippen molar-refractivity contribution in [2.45, 2.75) is 40.3 Å². The van der Waals surface area contributed by atoms with Crippen LogP contribution in [0.15, 0.2) is 23.2 Å². The molecule has 1 atom stereocenters. The van der Waals surface area contributed by atoms with Gasteiger partial charge in [-0.25, -0.2) is 4.39 Å². The first kappa shape index (κ1) is 15.5. The first-order valence-electron chi connectivity index (χ1n) is 6.66. The van der Waals surface area contributed by atoms with E-state index in [2.05, 4.69) is 36.4 Å². The number of halogens is 1. The van der Waals surface area contributed by atoms with Crippen molar-refractivity contribution in [1.29, 1.82) is 0 Å². The molecular weight excluding hydrogens is 241 g/mol. The fraction of sp³-hybridized carbons (Fsp3) is 0.533. The predicted molar refractivity (Wildman–Crippen MR) is 78.8 cm³/mol. The third-order valence-corrected chi connectivity index (χ3v) is 3.27. The first-order chi connectivity index (χ1) is 8.93. The topological polar surface area (TPSA) is 36.4 Å². The maximum atomic E-state index is 13.2. The molecule has 1 aromatic rings. The minimum Gasteiger partial charge on any atom is -0.354 e. The highest BCUT2D eigenvalue weighted by Gasteiger charge is 2.08. The second-order valence-corrected chi connectivity index (χ2v) is 5.19. The lowest BCUT2D eigenvalue weighted by Gasteiger charge is -2.20. The number of nitrogens with zero attached hydrogens (tertiary/aromatic N) is 1. The zero-order valence-corrected chi connectivity index (χ0v) is 12.4. The minimum atomic E-state index is -0.167. The van der Waals surface area contributed by atoms with Crippen LogP contribution < -0.4 is 10.6 Å². The number of nitrogens with one attached hydrogen (secondary N) is 2. The maximum absolute atomic E-state index is 13.2. The molecule has 0 heterocycles. The van der Waals surface area contributed by atoms with Gasteiger partial charge in [0.15, 0.2) is 5.96 Å². The average molecular weight is 265 g/mol. The standard InChI is InChI=1S/C15H24FN3/c1-10(2)12(4)19-15(17-5)18-9-13-6-7-14(16)11(3)8-13/h6-8,10,12H,9H2,1-5H3,(H2,17,18,19). The number of aryl methyl sites for hydroxylation is 1. The summed E-state index contributed by atoms with van der Waals surface area (Å²) in [7, 11) is 1.75. The third-order valence-electron chi connectivity index (χ3n) is 3.27. The summed E-state index contributed by atoms with van der Waals surface area (Å²) in [6.45, 7) is 8.85. The Morgan fingerprint density at radius 2 is 2.00 bits per heavy atom. The molecular formula is C15H24FN3. The second kappa shape index (κ2) is 7.12. The second-order valence-electron chi connectivity index (χ2n) is 5.19. The molecule has 106 valence electrons. The van der Waals surface area contributed by atoms with Gasteiger partial charge in [-0.3, -0.25) is 4.99 Å². The quantitative estimate of drug-likeness (QED) is 0.649. The van der Waals surface area contributed by atoms with Crippen molar-refractivity contribution in [2.24, 2.45) is 10.9 Å². The molecule has 0 radical (unpaired) electrons. The molecule has 19 heavy (non-hydrogen) atoms. The van der Waals surface area contributed by atoms with Crippen molar-refractivity contribution in [2.75, 3.05) is 7.05 Å². The van der Waals surface area contributed by atoms with Crippen LogP contribution in [-0.2, 0) is 6.54 Å². The van der Waals surface area contributed by atoms with E-state index in [4.69, 9.17) is 0 Å². The lowest BCUT2D eigenvalue weighted by molar-refractivity contribution is 0.481. The van der Waals surface area contributed by atoms with Crippen LogP contribution in [0.25, 0.3) is 0 Å². The van der Waals surface area contributed by atoms with Crippen molar-refractivity contribution >= 4 is 5.96 Å². The fourth-order valence-electron chi connectivity index (χ4n) is 1.58. The Hall–Kier alpha value is -1.58. The van der Waals surface area contributed by atoms with Crippen molar-refractivity contribution in [1.82, 2.24) is 10.6 Å². The van der Waals surface area contributed by atoms with E-state index < -0.39 is 0 Å². The molecule has 0 aliphatic heterocycles. The monoisotopic (exact) mass is 265 g/mol. The average Bonchev–Trinajstić information content (AvgIpc) is 2.37. The van der Waals surface area contributed by atoms with Gasteiger partial charge in [-0.2, -0.15) is 0 Å². The van der Waals surface area contributed by atoms with Gasteiger partial charge in [-0.1, -0.05) is 26.0 Å². The van der Waals surface area contributed by atoms with Crippen LogP contribution in [0.3, 0.4) is 0 Å². The van der Waals surface area contributed by atoms with Gasteiger partial charge in [0.05, 0.1) is 0 Å². The molecule has 0 bridgehead atoms. The van der Waals surface area contributed by atoms with E-state index in [0.29, 0.717) is 24.1 Å². The Morgan fingerprint density at radius 3 is 2.53 bits per heavy atom. The highest BCUT2D eigenvalue weighted by atomic mass is 19.1.